The minimum absolute atomic E-state index is 0.355. The standard InChI is InChI=1S/C11H13ClN4O/c1-6-15-10(11(13)16(6)14)9-7(12)4-3-5-8(9)17-2/h3-5H,13-14H2,1-2H3. The van der Waals surface area contributed by atoms with Gasteiger partial charge in [-0.25, -0.2) is 9.66 Å². The maximum absolute atomic E-state index is 6.15. The first kappa shape index (κ1) is 11.6. The van der Waals surface area contributed by atoms with E-state index < -0.39 is 0 Å². The Morgan fingerprint density at radius 1 is 1.41 bits per heavy atom. The second-order valence-electron chi connectivity index (χ2n) is 3.58. The SMILES string of the molecule is COc1cccc(Cl)c1-c1nc(C)n(N)c1N. The van der Waals surface area contributed by atoms with Crippen LogP contribution in [-0.4, -0.2) is 16.8 Å². The Labute approximate surface area is 104 Å². The van der Waals surface area contributed by atoms with Gasteiger partial charge in [0.05, 0.1) is 17.7 Å². The molecule has 0 aliphatic heterocycles. The molecule has 0 bridgehead atoms. The summed E-state index contributed by atoms with van der Waals surface area (Å²) in [5.74, 6) is 7.31. The molecule has 90 valence electrons. The molecule has 17 heavy (non-hydrogen) atoms. The number of hydrogen-bond donors (Lipinski definition) is 2. The van der Waals surface area contributed by atoms with E-state index in [1.165, 1.54) is 4.68 Å². The highest BCUT2D eigenvalue weighted by molar-refractivity contribution is 6.33. The first-order chi connectivity index (χ1) is 8.06. The number of ether oxygens (including phenoxy) is 1. The Hall–Kier alpha value is -1.88. The summed E-state index contributed by atoms with van der Waals surface area (Å²) in [6.07, 6.45) is 0. The van der Waals surface area contributed by atoms with Crippen molar-refractivity contribution in [2.24, 2.45) is 0 Å². The average Bonchev–Trinajstić information content (AvgIpc) is 2.56. The lowest BCUT2D eigenvalue weighted by Crippen LogP contribution is -2.13. The van der Waals surface area contributed by atoms with Gasteiger partial charge in [0, 0.05) is 0 Å². The summed E-state index contributed by atoms with van der Waals surface area (Å²) in [7, 11) is 1.57. The van der Waals surface area contributed by atoms with Crippen LogP contribution in [0.3, 0.4) is 0 Å². The van der Waals surface area contributed by atoms with E-state index in [0.29, 0.717) is 33.7 Å². The fraction of sp³-hybridized carbons (Fsp3) is 0.182. The third-order valence-electron chi connectivity index (χ3n) is 2.56. The van der Waals surface area contributed by atoms with Crippen molar-refractivity contribution in [3.63, 3.8) is 0 Å². The fourth-order valence-electron chi connectivity index (χ4n) is 1.65. The molecule has 4 N–H and O–H groups in total. The van der Waals surface area contributed by atoms with Crippen molar-refractivity contribution >= 4 is 17.4 Å². The Bertz CT molecular complexity index is 565. The van der Waals surface area contributed by atoms with E-state index in [0.717, 1.165) is 0 Å². The summed E-state index contributed by atoms with van der Waals surface area (Å²) < 4.78 is 6.57. The summed E-state index contributed by atoms with van der Waals surface area (Å²) in [5.41, 5.74) is 7.08. The Balaban J connectivity index is 2.72. The number of hydrogen-bond acceptors (Lipinski definition) is 4. The molecular weight excluding hydrogens is 240 g/mol. The number of methoxy groups -OCH3 is 1. The van der Waals surface area contributed by atoms with Crippen LogP contribution in [0.15, 0.2) is 18.2 Å². The molecule has 0 fully saturated rings. The zero-order valence-corrected chi connectivity index (χ0v) is 10.3. The molecule has 1 aromatic heterocycles. The number of rotatable bonds is 2. The molecule has 0 saturated heterocycles. The summed E-state index contributed by atoms with van der Waals surface area (Å²) in [5, 5.41) is 0.522. The molecule has 0 atom stereocenters. The van der Waals surface area contributed by atoms with E-state index in [2.05, 4.69) is 4.98 Å². The van der Waals surface area contributed by atoms with Crippen molar-refractivity contribution in [3.8, 4) is 17.0 Å². The molecule has 0 spiro atoms. The second-order valence-corrected chi connectivity index (χ2v) is 3.99. The van der Waals surface area contributed by atoms with E-state index in [1.807, 2.05) is 0 Å². The molecule has 0 aliphatic rings. The maximum atomic E-state index is 6.15. The van der Waals surface area contributed by atoms with Crippen LogP contribution in [0.1, 0.15) is 5.82 Å². The molecule has 0 radical (unpaired) electrons. The van der Waals surface area contributed by atoms with Crippen molar-refractivity contribution in [1.29, 1.82) is 0 Å². The number of aryl methyl sites for hydroxylation is 1. The predicted molar refractivity (Wildman–Crippen MR) is 68.5 cm³/mol. The topological polar surface area (TPSA) is 79.1 Å². The minimum atomic E-state index is 0.355. The van der Waals surface area contributed by atoms with Crippen LogP contribution in [-0.2, 0) is 0 Å². The lowest BCUT2D eigenvalue weighted by atomic mass is 10.1. The summed E-state index contributed by atoms with van der Waals surface area (Å²) in [6.45, 7) is 1.77. The predicted octanol–water partition coefficient (Wildman–Crippen LogP) is 1.82. The molecule has 0 aliphatic carbocycles. The average molecular weight is 253 g/mol. The van der Waals surface area contributed by atoms with Crippen LogP contribution >= 0.6 is 11.6 Å². The number of nitrogens with zero attached hydrogens (tertiary/aromatic N) is 2. The zero-order valence-electron chi connectivity index (χ0n) is 9.57. The fourth-order valence-corrected chi connectivity index (χ4v) is 1.90. The van der Waals surface area contributed by atoms with Crippen LogP contribution in [0.25, 0.3) is 11.3 Å². The summed E-state index contributed by atoms with van der Waals surface area (Å²) in [4.78, 5) is 4.30. The number of benzene rings is 1. The zero-order chi connectivity index (χ0) is 12.6. The Kier molecular flexibility index (Phi) is 2.85. The van der Waals surface area contributed by atoms with Crippen LogP contribution in [0.2, 0.25) is 5.02 Å². The number of anilines is 1. The molecule has 6 heteroatoms. The van der Waals surface area contributed by atoms with E-state index >= 15 is 0 Å². The molecular formula is C11H13ClN4O. The molecule has 1 aromatic carbocycles. The van der Waals surface area contributed by atoms with Crippen molar-refractivity contribution in [3.05, 3.63) is 29.0 Å². The smallest absolute Gasteiger partial charge is 0.151 e. The molecule has 2 aromatic rings. The van der Waals surface area contributed by atoms with Gasteiger partial charge in [-0.05, 0) is 19.1 Å². The summed E-state index contributed by atoms with van der Waals surface area (Å²) in [6, 6.07) is 5.35. The number of imidazole rings is 1. The number of nitrogens with two attached hydrogens (primary N) is 2. The maximum Gasteiger partial charge on any atom is 0.151 e. The van der Waals surface area contributed by atoms with Gasteiger partial charge in [0.2, 0.25) is 0 Å². The number of halogens is 1. The molecule has 2 rings (SSSR count). The monoisotopic (exact) mass is 252 g/mol. The van der Waals surface area contributed by atoms with Crippen molar-refractivity contribution in [2.45, 2.75) is 6.92 Å². The molecule has 0 unspecified atom stereocenters. The summed E-state index contributed by atoms with van der Waals surface area (Å²) >= 11 is 6.15. The lowest BCUT2D eigenvalue weighted by molar-refractivity contribution is 0.416. The van der Waals surface area contributed by atoms with E-state index in [-0.39, 0.29) is 0 Å². The third kappa shape index (κ3) is 1.78. The van der Waals surface area contributed by atoms with Gasteiger partial charge in [-0.3, -0.25) is 0 Å². The van der Waals surface area contributed by atoms with E-state index in [1.54, 1.807) is 32.2 Å². The van der Waals surface area contributed by atoms with Crippen molar-refractivity contribution in [1.82, 2.24) is 9.66 Å². The van der Waals surface area contributed by atoms with Gasteiger partial charge >= 0.3 is 0 Å². The van der Waals surface area contributed by atoms with Gasteiger partial charge in [0.15, 0.2) is 5.82 Å². The van der Waals surface area contributed by atoms with Gasteiger partial charge in [-0.15, -0.1) is 0 Å². The normalized spacial score (nSPS) is 10.5. The van der Waals surface area contributed by atoms with Gasteiger partial charge < -0.3 is 16.3 Å². The van der Waals surface area contributed by atoms with Gasteiger partial charge in [0.25, 0.3) is 0 Å². The quantitative estimate of drug-likeness (QED) is 0.799. The highest BCUT2D eigenvalue weighted by Gasteiger charge is 2.18. The van der Waals surface area contributed by atoms with Crippen LogP contribution < -0.4 is 16.3 Å². The van der Waals surface area contributed by atoms with E-state index in [9.17, 15) is 0 Å². The Morgan fingerprint density at radius 2 is 2.12 bits per heavy atom. The molecule has 1 heterocycles. The largest absolute Gasteiger partial charge is 0.496 e. The van der Waals surface area contributed by atoms with Crippen LogP contribution in [0.5, 0.6) is 5.75 Å². The van der Waals surface area contributed by atoms with Crippen LogP contribution in [0.4, 0.5) is 5.82 Å². The number of nitrogen functional groups attached to an aromatic ring is 2. The molecule has 0 amide bonds. The van der Waals surface area contributed by atoms with Gasteiger partial charge in [0.1, 0.15) is 17.3 Å². The van der Waals surface area contributed by atoms with Crippen molar-refractivity contribution < 1.29 is 4.74 Å². The molecule has 5 nitrogen and oxygen atoms in total. The van der Waals surface area contributed by atoms with E-state index in [4.69, 9.17) is 27.9 Å². The van der Waals surface area contributed by atoms with Gasteiger partial charge in [-0.1, -0.05) is 17.7 Å². The van der Waals surface area contributed by atoms with Crippen molar-refractivity contribution in [2.75, 3.05) is 18.7 Å². The third-order valence-corrected chi connectivity index (χ3v) is 2.87. The van der Waals surface area contributed by atoms with Gasteiger partial charge in [-0.2, -0.15) is 0 Å². The highest BCUT2D eigenvalue weighted by Crippen LogP contribution is 2.38. The highest BCUT2D eigenvalue weighted by atomic mass is 35.5. The second kappa shape index (κ2) is 4.18. The minimum Gasteiger partial charge on any atom is -0.496 e. The lowest BCUT2D eigenvalue weighted by Gasteiger charge is -2.08. The first-order valence-electron chi connectivity index (χ1n) is 4.99. The number of aromatic nitrogens is 2. The first-order valence-corrected chi connectivity index (χ1v) is 5.36. The molecule has 0 saturated carbocycles. The Morgan fingerprint density at radius 3 is 2.65 bits per heavy atom. The van der Waals surface area contributed by atoms with Crippen LogP contribution in [0, 0.1) is 6.92 Å².